The first kappa shape index (κ1) is 22.6. The van der Waals surface area contributed by atoms with Gasteiger partial charge in [-0.05, 0) is 48.4 Å². The van der Waals surface area contributed by atoms with Crippen molar-refractivity contribution in [2.45, 2.75) is 71.8 Å². The van der Waals surface area contributed by atoms with Gasteiger partial charge in [0, 0.05) is 32.0 Å². The lowest BCUT2D eigenvalue weighted by atomic mass is 9.96. The minimum atomic E-state index is 0.170. The Kier molecular flexibility index (Phi) is 7.29. The minimum absolute atomic E-state index is 0.170. The molecule has 4 heteroatoms. The van der Waals surface area contributed by atoms with E-state index in [4.69, 9.17) is 4.98 Å². The highest BCUT2D eigenvalue weighted by Crippen LogP contribution is 2.28. The van der Waals surface area contributed by atoms with Gasteiger partial charge in [0.1, 0.15) is 5.82 Å². The lowest BCUT2D eigenvalue weighted by molar-refractivity contribution is -0.131. The number of hydrogen-bond acceptors (Lipinski definition) is 2. The van der Waals surface area contributed by atoms with E-state index in [1.165, 1.54) is 24.0 Å². The van der Waals surface area contributed by atoms with Gasteiger partial charge < -0.3 is 9.47 Å². The summed E-state index contributed by atoms with van der Waals surface area (Å²) in [6, 6.07) is 17.3. The molecule has 0 aliphatic carbocycles. The molecule has 0 N–H and O–H groups in total. The molecule has 1 saturated heterocycles. The monoisotopic (exact) mass is 431 g/mol. The Morgan fingerprint density at radius 3 is 2.31 bits per heavy atom. The maximum Gasteiger partial charge on any atom is 0.224 e. The van der Waals surface area contributed by atoms with Crippen LogP contribution in [0.4, 0.5) is 0 Å². The number of carbonyl (C=O) groups is 1. The molecule has 170 valence electrons. The molecule has 0 spiro atoms. The molecule has 1 amide bonds. The summed E-state index contributed by atoms with van der Waals surface area (Å²) in [5.74, 6) is 2.15. The number of carbonyl (C=O) groups excluding carboxylic acids is 1. The van der Waals surface area contributed by atoms with E-state index >= 15 is 0 Å². The second-order valence-corrected chi connectivity index (χ2v) is 9.72. The molecular formula is C28H37N3O. The zero-order chi connectivity index (χ0) is 22.5. The van der Waals surface area contributed by atoms with Crippen molar-refractivity contribution >= 4 is 16.9 Å². The van der Waals surface area contributed by atoms with Gasteiger partial charge in [-0.1, -0.05) is 70.0 Å². The van der Waals surface area contributed by atoms with Crippen molar-refractivity contribution in [2.75, 3.05) is 13.1 Å². The van der Waals surface area contributed by atoms with E-state index in [0.29, 0.717) is 18.9 Å². The van der Waals surface area contributed by atoms with Crippen LogP contribution in [0.1, 0.15) is 75.7 Å². The SMILES string of the molecule is CC(C)Cc1ccc(C(C)c2nc3ccccc3n2CCC(=O)N2CCCCCC2)cc1. The summed E-state index contributed by atoms with van der Waals surface area (Å²) in [4.78, 5) is 20.0. The largest absolute Gasteiger partial charge is 0.343 e. The van der Waals surface area contributed by atoms with Crippen LogP contribution in [0.15, 0.2) is 48.5 Å². The minimum Gasteiger partial charge on any atom is -0.343 e. The number of fused-ring (bicyclic) bond motifs is 1. The molecule has 3 aromatic rings. The van der Waals surface area contributed by atoms with E-state index in [0.717, 1.165) is 49.2 Å². The van der Waals surface area contributed by atoms with Gasteiger partial charge in [-0.3, -0.25) is 4.79 Å². The van der Waals surface area contributed by atoms with Crippen molar-refractivity contribution in [1.29, 1.82) is 0 Å². The number of hydrogen-bond donors (Lipinski definition) is 0. The van der Waals surface area contributed by atoms with E-state index in [-0.39, 0.29) is 11.8 Å². The average molecular weight is 432 g/mol. The van der Waals surface area contributed by atoms with E-state index in [9.17, 15) is 4.79 Å². The van der Waals surface area contributed by atoms with Crippen molar-refractivity contribution in [3.8, 4) is 0 Å². The number of amides is 1. The Morgan fingerprint density at radius 1 is 0.938 bits per heavy atom. The number of likely N-dealkylation sites (tertiary alicyclic amines) is 1. The van der Waals surface area contributed by atoms with Crippen LogP contribution in [0, 0.1) is 5.92 Å². The molecule has 1 fully saturated rings. The Bertz CT molecular complexity index is 1030. The molecule has 1 atom stereocenters. The number of nitrogens with zero attached hydrogens (tertiary/aromatic N) is 3. The first-order valence-electron chi connectivity index (χ1n) is 12.3. The maximum absolute atomic E-state index is 13.0. The molecule has 32 heavy (non-hydrogen) atoms. The average Bonchev–Trinajstić information content (AvgIpc) is 2.95. The second-order valence-electron chi connectivity index (χ2n) is 9.72. The lowest BCUT2D eigenvalue weighted by Gasteiger charge is -2.21. The predicted octanol–water partition coefficient (Wildman–Crippen LogP) is 6.18. The van der Waals surface area contributed by atoms with Crippen molar-refractivity contribution in [3.05, 3.63) is 65.5 Å². The van der Waals surface area contributed by atoms with E-state index in [1.54, 1.807) is 0 Å². The number of aryl methyl sites for hydroxylation is 1. The summed E-state index contributed by atoms with van der Waals surface area (Å²) in [7, 11) is 0. The number of aromatic nitrogens is 2. The molecule has 4 rings (SSSR count). The molecule has 1 unspecified atom stereocenters. The Labute approximate surface area is 192 Å². The smallest absolute Gasteiger partial charge is 0.224 e. The highest BCUT2D eigenvalue weighted by molar-refractivity contribution is 5.78. The molecule has 0 radical (unpaired) electrons. The van der Waals surface area contributed by atoms with Gasteiger partial charge in [0.2, 0.25) is 5.91 Å². The Hall–Kier alpha value is -2.62. The van der Waals surface area contributed by atoms with Gasteiger partial charge in [0.05, 0.1) is 11.0 Å². The van der Waals surface area contributed by atoms with E-state index in [2.05, 4.69) is 72.7 Å². The molecule has 0 saturated carbocycles. The zero-order valence-electron chi connectivity index (χ0n) is 19.9. The second kappa shape index (κ2) is 10.3. The topological polar surface area (TPSA) is 38.1 Å². The molecule has 0 bridgehead atoms. The molecule has 1 aliphatic rings. The van der Waals surface area contributed by atoms with Crippen molar-refractivity contribution in [3.63, 3.8) is 0 Å². The van der Waals surface area contributed by atoms with Crippen LogP contribution in [0.25, 0.3) is 11.0 Å². The normalized spacial score (nSPS) is 15.8. The highest BCUT2D eigenvalue weighted by Gasteiger charge is 2.21. The summed E-state index contributed by atoms with van der Waals surface area (Å²) in [6.07, 6.45) is 6.39. The Morgan fingerprint density at radius 2 is 1.62 bits per heavy atom. The fraction of sp³-hybridized carbons (Fsp3) is 0.500. The number of para-hydroxylation sites is 2. The fourth-order valence-electron chi connectivity index (χ4n) is 4.91. The van der Waals surface area contributed by atoms with Crippen molar-refractivity contribution < 1.29 is 4.79 Å². The van der Waals surface area contributed by atoms with Gasteiger partial charge >= 0.3 is 0 Å². The molecule has 2 aromatic carbocycles. The van der Waals surface area contributed by atoms with Crippen LogP contribution in [-0.2, 0) is 17.8 Å². The first-order valence-corrected chi connectivity index (χ1v) is 12.3. The summed E-state index contributed by atoms with van der Waals surface area (Å²) in [6.45, 7) is 9.25. The summed E-state index contributed by atoms with van der Waals surface area (Å²) in [5, 5.41) is 0. The zero-order valence-corrected chi connectivity index (χ0v) is 19.9. The fourth-order valence-corrected chi connectivity index (χ4v) is 4.91. The standard InChI is InChI=1S/C28H37N3O/c1-21(2)20-23-12-14-24(15-13-23)22(3)28-29-25-10-6-7-11-26(25)31(28)19-16-27(32)30-17-8-4-5-9-18-30/h6-7,10-15,21-22H,4-5,8-9,16-20H2,1-3H3. The predicted molar refractivity (Wildman–Crippen MR) is 132 cm³/mol. The summed E-state index contributed by atoms with van der Waals surface area (Å²) in [5.41, 5.74) is 4.78. The summed E-state index contributed by atoms with van der Waals surface area (Å²) >= 11 is 0. The molecular weight excluding hydrogens is 394 g/mol. The van der Waals surface area contributed by atoms with Gasteiger partial charge in [-0.15, -0.1) is 0 Å². The van der Waals surface area contributed by atoms with Gasteiger partial charge in [0.15, 0.2) is 0 Å². The molecule has 4 nitrogen and oxygen atoms in total. The first-order chi connectivity index (χ1) is 15.5. The quantitative estimate of drug-likeness (QED) is 0.448. The van der Waals surface area contributed by atoms with Crippen LogP contribution in [0.2, 0.25) is 0 Å². The van der Waals surface area contributed by atoms with Gasteiger partial charge in [-0.25, -0.2) is 4.98 Å². The van der Waals surface area contributed by atoms with Crippen molar-refractivity contribution in [1.82, 2.24) is 14.5 Å². The highest BCUT2D eigenvalue weighted by atomic mass is 16.2. The van der Waals surface area contributed by atoms with Crippen LogP contribution in [0.3, 0.4) is 0 Å². The van der Waals surface area contributed by atoms with E-state index in [1.807, 2.05) is 6.07 Å². The summed E-state index contributed by atoms with van der Waals surface area (Å²) < 4.78 is 2.28. The Balaban J connectivity index is 1.56. The lowest BCUT2D eigenvalue weighted by Crippen LogP contribution is -2.32. The molecule has 1 aromatic heterocycles. The third-order valence-corrected chi connectivity index (χ3v) is 6.70. The number of rotatable bonds is 7. The van der Waals surface area contributed by atoms with Crippen molar-refractivity contribution in [2.24, 2.45) is 5.92 Å². The van der Waals surface area contributed by atoms with Crippen LogP contribution >= 0.6 is 0 Å². The van der Waals surface area contributed by atoms with Crippen LogP contribution in [-0.4, -0.2) is 33.4 Å². The molecule has 1 aliphatic heterocycles. The van der Waals surface area contributed by atoms with Gasteiger partial charge in [0.25, 0.3) is 0 Å². The third kappa shape index (κ3) is 5.23. The number of benzene rings is 2. The number of imidazole rings is 1. The maximum atomic E-state index is 13.0. The van der Waals surface area contributed by atoms with Crippen LogP contribution < -0.4 is 0 Å². The molecule has 2 heterocycles. The van der Waals surface area contributed by atoms with E-state index < -0.39 is 0 Å². The van der Waals surface area contributed by atoms with Gasteiger partial charge in [-0.2, -0.15) is 0 Å². The third-order valence-electron chi connectivity index (χ3n) is 6.70. The van der Waals surface area contributed by atoms with Crippen LogP contribution in [0.5, 0.6) is 0 Å².